The Morgan fingerprint density at radius 3 is 2.73 bits per heavy atom. The molecule has 0 saturated carbocycles. The van der Waals surface area contributed by atoms with Gasteiger partial charge in [-0.2, -0.15) is 0 Å². The third-order valence-electron chi connectivity index (χ3n) is 1.57. The van der Waals surface area contributed by atoms with Crippen molar-refractivity contribution in [2.75, 3.05) is 7.11 Å². The molecule has 0 aliphatic carbocycles. The van der Waals surface area contributed by atoms with E-state index in [4.69, 9.17) is 0 Å². The van der Waals surface area contributed by atoms with Crippen molar-refractivity contribution < 1.29 is 18.3 Å². The Morgan fingerprint density at radius 2 is 2.27 bits per heavy atom. The molecule has 0 bridgehead atoms. The van der Waals surface area contributed by atoms with Gasteiger partial charge in [0.25, 0.3) is 6.43 Å². The van der Waals surface area contributed by atoms with Crippen LogP contribution in [0.3, 0.4) is 0 Å². The van der Waals surface area contributed by atoms with Crippen LogP contribution in [-0.4, -0.2) is 18.1 Å². The summed E-state index contributed by atoms with van der Waals surface area (Å²) >= 11 is 4.64. The first-order chi connectivity index (χ1) is 6.97. The third kappa shape index (κ3) is 2.83. The zero-order valence-corrected chi connectivity index (χ0v) is 11.2. The summed E-state index contributed by atoms with van der Waals surface area (Å²) < 4.78 is 29.6. The Morgan fingerprint density at radius 1 is 1.67 bits per heavy atom. The van der Waals surface area contributed by atoms with Crippen molar-refractivity contribution in [3.05, 3.63) is 25.5 Å². The summed E-state index contributed by atoms with van der Waals surface area (Å²) in [7, 11) is 1.20. The molecule has 3 nitrogen and oxygen atoms in total. The van der Waals surface area contributed by atoms with Crippen molar-refractivity contribution in [2.24, 2.45) is 0 Å². The molecule has 1 heterocycles. The number of pyridine rings is 1. The van der Waals surface area contributed by atoms with Crippen LogP contribution in [-0.2, 0) is 4.74 Å². The maximum atomic E-state index is 12.4. The number of methoxy groups -OCH3 is 1. The molecule has 1 aromatic heterocycles. The van der Waals surface area contributed by atoms with Crippen molar-refractivity contribution in [1.82, 2.24) is 4.98 Å². The van der Waals surface area contributed by atoms with E-state index < -0.39 is 12.4 Å². The zero-order chi connectivity index (χ0) is 11.6. The number of alkyl halides is 2. The van der Waals surface area contributed by atoms with E-state index in [9.17, 15) is 13.6 Å². The molecule has 15 heavy (non-hydrogen) atoms. The molecule has 0 N–H and O–H groups in total. The van der Waals surface area contributed by atoms with Crippen molar-refractivity contribution in [3.8, 4) is 0 Å². The van der Waals surface area contributed by atoms with Crippen molar-refractivity contribution in [2.45, 2.75) is 6.43 Å². The molecule has 0 fully saturated rings. The fraction of sp³-hybridized carbons (Fsp3) is 0.250. The Labute approximate surface area is 106 Å². The van der Waals surface area contributed by atoms with E-state index in [1.54, 1.807) is 22.6 Å². The topological polar surface area (TPSA) is 39.2 Å². The highest BCUT2D eigenvalue weighted by Crippen LogP contribution is 2.28. The van der Waals surface area contributed by atoms with Crippen LogP contribution >= 0.6 is 38.5 Å². The Bertz CT molecular complexity index is 400. The van der Waals surface area contributed by atoms with Gasteiger partial charge in [0.2, 0.25) is 0 Å². The van der Waals surface area contributed by atoms with Gasteiger partial charge in [0, 0.05) is 0 Å². The van der Waals surface area contributed by atoms with Crippen molar-refractivity contribution >= 4 is 44.5 Å². The maximum Gasteiger partial charge on any atom is 0.357 e. The lowest BCUT2D eigenvalue weighted by atomic mass is 10.2. The molecule has 0 spiro atoms. The molecule has 0 unspecified atom stereocenters. The van der Waals surface area contributed by atoms with Crippen LogP contribution in [0, 0.1) is 3.70 Å². The quantitative estimate of drug-likeness (QED) is 0.441. The van der Waals surface area contributed by atoms with Gasteiger partial charge in [0.05, 0.1) is 17.1 Å². The van der Waals surface area contributed by atoms with E-state index in [0.29, 0.717) is 0 Å². The molecule has 0 atom stereocenters. The van der Waals surface area contributed by atoms with Crippen LogP contribution in [0.5, 0.6) is 0 Å². The highest BCUT2D eigenvalue weighted by molar-refractivity contribution is 14.1. The third-order valence-corrected chi connectivity index (χ3v) is 3.04. The summed E-state index contributed by atoms with van der Waals surface area (Å²) in [4.78, 5) is 14.9. The number of halogens is 4. The molecule has 0 amide bonds. The van der Waals surface area contributed by atoms with Gasteiger partial charge in [-0.15, -0.1) is 0 Å². The van der Waals surface area contributed by atoms with Crippen LogP contribution in [0.15, 0.2) is 10.5 Å². The SMILES string of the molecule is COC(=O)c1nc(I)c(C(F)F)cc1Br. The number of aromatic nitrogens is 1. The summed E-state index contributed by atoms with van der Waals surface area (Å²) in [6.45, 7) is 0. The summed E-state index contributed by atoms with van der Waals surface area (Å²) in [5, 5.41) is 0. The highest BCUT2D eigenvalue weighted by atomic mass is 127. The second-order valence-electron chi connectivity index (χ2n) is 2.49. The molecular weight excluding hydrogens is 387 g/mol. The first kappa shape index (κ1) is 12.8. The smallest absolute Gasteiger partial charge is 0.357 e. The minimum absolute atomic E-state index is 0.00806. The molecule has 0 aromatic carbocycles. The molecule has 82 valence electrons. The van der Waals surface area contributed by atoms with E-state index >= 15 is 0 Å². The highest BCUT2D eigenvalue weighted by Gasteiger charge is 2.19. The van der Waals surface area contributed by atoms with Crippen molar-refractivity contribution in [1.29, 1.82) is 0 Å². The fourth-order valence-electron chi connectivity index (χ4n) is 0.873. The van der Waals surface area contributed by atoms with E-state index in [0.717, 1.165) is 0 Å². The normalized spacial score (nSPS) is 10.5. The van der Waals surface area contributed by atoms with E-state index in [1.165, 1.54) is 13.2 Å². The fourth-order valence-corrected chi connectivity index (χ4v) is 2.00. The largest absolute Gasteiger partial charge is 0.464 e. The van der Waals surface area contributed by atoms with E-state index in [-0.39, 0.29) is 19.4 Å². The second-order valence-corrected chi connectivity index (χ2v) is 4.37. The van der Waals surface area contributed by atoms with Crippen molar-refractivity contribution in [3.63, 3.8) is 0 Å². The van der Waals surface area contributed by atoms with Gasteiger partial charge in [0.15, 0.2) is 5.69 Å². The van der Waals surface area contributed by atoms with Gasteiger partial charge in [-0.05, 0) is 44.6 Å². The lowest BCUT2D eigenvalue weighted by Crippen LogP contribution is -2.08. The molecule has 0 aliphatic heterocycles. The number of hydrogen-bond donors (Lipinski definition) is 0. The van der Waals surface area contributed by atoms with Crippen LogP contribution < -0.4 is 0 Å². The molecule has 0 aliphatic rings. The van der Waals surface area contributed by atoms with Gasteiger partial charge in [-0.3, -0.25) is 0 Å². The Kier molecular flexibility index (Phi) is 4.38. The summed E-state index contributed by atoms with van der Waals surface area (Å²) in [5.74, 6) is -0.666. The van der Waals surface area contributed by atoms with Crippen LogP contribution in [0.2, 0.25) is 0 Å². The number of carbonyl (C=O) groups excluding carboxylic acids is 1. The first-order valence-electron chi connectivity index (χ1n) is 3.69. The average Bonchev–Trinajstić information content (AvgIpc) is 2.19. The monoisotopic (exact) mass is 391 g/mol. The number of nitrogens with zero attached hydrogens (tertiary/aromatic N) is 1. The van der Waals surface area contributed by atoms with Gasteiger partial charge >= 0.3 is 5.97 Å². The standard InChI is InChI=1S/C8H5BrF2INO2/c1-15-8(14)5-4(9)2-3(6(10)11)7(12)13-5/h2,6H,1H3. The second kappa shape index (κ2) is 5.15. The van der Waals surface area contributed by atoms with E-state index in [1.807, 2.05) is 0 Å². The lowest BCUT2D eigenvalue weighted by molar-refractivity contribution is 0.0592. The average molecular weight is 392 g/mol. The predicted molar refractivity (Wildman–Crippen MR) is 61.0 cm³/mol. The summed E-state index contributed by atoms with van der Waals surface area (Å²) in [5.41, 5.74) is -0.221. The minimum Gasteiger partial charge on any atom is -0.464 e. The number of rotatable bonds is 2. The number of ether oxygens (including phenoxy) is 1. The molecule has 1 rings (SSSR count). The number of hydrogen-bond acceptors (Lipinski definition) is 3. The molecule has 0 radical (unpaired) electrons. The zero-order valence-electron chi connectivity index (χ0n) is 7.43. The summed E-state index contributed by atoms with van der Waals surface area (Å²) in [6, 6.07) is 1.17. The molecule has 7 heteroatoms. The molecular formula is C8H5BrF2INO2. The minimum atomic E-state index is -2.62. The maximum absolute atomic E-state index is 12.4. The number of esters is 1. The van der Waals surface area contributed by atoms with Crippen LogP contribution in [0.4, 0.5) is 8.78 Å². The van der Waals surface area contributed by atoms with Gasteiger partial charge < -0.3 is 4.74 Å². The van der Waals surface area contributed by atoms with Gasteiger partial charge in [0.1, 0.15) is 3.70 Å². The Balaban J connectivity index is 3.25. The first-order valence-corrected chi connectivity index (χ1v) is 5.57. The molecule has 1 aromatic rings. The van der Waals surface area contributed by atoms with Crippen LogP contribution in [0.25, 0.3) is 0 Å². The Hall–Kier alpha value is -0.310. The molecule has 0 saturated heterocycles. The van der Waals surface area contributed by atoms with Crippen LogP contribution in [0.1, 0.15) is 22.5 Å². The summed E-state index contributed by atoms with van der Waals surface area (Å²) in [6.07, 6.45) is -2.62. The number of carbonyl (C=O) groups is 1. The predicted octanol–water partition coefficient (Wildman–Crippen LogP) is 3.17. The lowest BCUT2D eigenvalue weighted by Gasteiger charge is -2.06. The van der Waals surface area contributed by atoms with Gasteiger partial charge in [-0.1, -0.05) is 0 Å². The van der Waals surface area contributed by atoms with E-state index in [2.05, 4.69) is 25.7 Å². The van der Waals surface area contributed by atoms with Gasteiger partial charge in [-0.25, -0.2) is 18.6 Å².